The van der Waals surface area contributed by atoms with Gasteiger partial charge in [-0.2, -0.15) is 0 Å². The van der Waals surface area contributed by atoms with Gasteiger partial charge in [0, 0.05) is 11.1 Å². The van der Waals surface area contributed by atoms with E-state index in [9.17, 15) is 9.18 Å². The summed E-state index contributed by atoms with van der Waals surface area (Å²) in [5.74, 6) is -0.621. The Balaban J connectivity index is 2.35. The molecule has 0 aliphatic rings. The van der Waals surface area contributed by atoms with Crippen LogP contribution in [-0.4, -0.2) is 5.78 Å². The van der Waals surface area contributed by atoms with Gasteiger partial charge in [-0.25, -0.2) is 4.39 Å². The maximum atomic E-state index is 13.0. The van der Waals surface area contributed by atoms with Crippen molar-refractivity contribution in [2.24, 2.45) is 0 Å². The average Bonchev–Trinajstić information content (AvgIpc) is 2.39. The number of benzene rings is 2. The summed E-state index contributed by atoms with van der Waals surface area (Å²) in [4.78, 5) is 12.3. The summed E-state index contributed by atoms with van der Waals surface area (Å²) in [5, 5.41) is 0.144. The molecule has 0 aliphatic heterocycles. The van der Waals surface area contributed by atoms with E-state index in [0.717, 1.165) is 24.5 Å². The van der Waals surface area contributed by atoms with E-state index >= 15 is 0 Å². The van der Waals surface area contributed by atoms with Gasteiger partial charge in [0.05, 0.1) is 5.02 Å². The summed E-state index contributed by atoms with van der Waals surface area (Å²) >= 11 is 5.91. The van der Waals surface area contributed by atoms with Gasteiger partial charge in [0.15, 0.2) is 5.78 Å². The van der Waals surface area contributed by atoms with E-state index in [1.807, 2.05) is 18.2 Å². The van der Waals surface area contributed by atoms with Crippen LogP contribution in [0.15, 0.2) is 42.5 Å². The van der Waals surface area contributed by atoms with Gasteiger partial charge in [0.25, 0.3) is 0 Å². The van der Waals surface area contributed by atoms with E-state index in [2.05, 4.69) is 6.92 Å². The highest BCUT2D eigenvalue weighted by molar-refractivity contribution is 6.35. The molecule has 2 aromatic rings. The fourth-order valence-electron chi connectivity index (χ4n) is 1.99. The van der Waals surface area contributed by atoms with Crippen LogP contribution in [0.2, 0.25) is 5.02 Å². The Labute approximate surface area is 117 Å². The molecule has 0 N–H and O–H groups in total. The molecule has 0 saturated heterocycles. The molecule has 0 aromatic heterocycles. The van der Waals surface area contributed by atoms with Crippen LogP contribution in [0.1, 0.15) is 34.8 Å². The number of halogens is 2. The molecule has 0 fully saturated rings. The zero-order chi connectivity index (χ0) is 13.8. The Morgan fingerprint density at radius 2 is 2.00 bits per heavy atom. The van der Waals surface area contributed by atoms with Crippen LogP contribution in [-0.2, 0) is 6.42 Å². The molecule has 0 heterocycles. The van der Waals surface area contributed by atoms with Gasteiger partial charge < -0.3 is 0 Å². The first-order valence-corrected chi connectivity index (χ1v) is 6.58. The lowest BCUT2D eigenvalue weighted by Gasteiger charge is -2.06. The van der Waals surface area contributed by atoms with E-state index in [-0.39, 0.29) is 10.8 Å². The van der Waals surface area contributed by atoms with Crippen LogP contribution in [0.5, 0.6) is 0 Å². The molecule has 0 spiro atoms. The highest BCUT2D eigenvalue weighted by atomic mass is 35.5. The monoisotopic (exact) mass is 276 g/mol. The van der Waals surface area contributed by atoms with Gasteiger partial charge in [0.1, 0.15) is 5.82 Å². The number of hydrogen-bond acceptors (Lipinski definition) is 1. The van der Waals surface area contributed by atoms with Crippen molar-refractivity contribution in [3.63, 3.8) is 0 Å². The highest BCUT2D eigenvalue weighted by Gasteiger charge is 2.13. The first-order valence-electron chi connectivity index (χ1n) is 6.20. The number of carbonyl (C=O) groups is 1. The number of aryl methyl sites for hydroxylation is 1. The van der Waals surface area contributed by atoms with Crippen LogP contribution in [0.4, 0.5) is 4.39 Å². The lowest BCUT2D eigenvalue weighted by molar-refractivity contribution is 0.103. The predicted octanol–water partition coefficient (Wildman–Crippen LogP) is 4.66. The average molecular weight is 277 g/mol. The maximum absolute atomic E-state index is 13.0. The molecule has 0 saturated carbocycles. The van der Waals surface area contributed by atoms with Crippen LogP contribution >= 0.6 is 11.6 Å². The largest absolute Gasteiger partial charge is 0.289 e. The Bertz CT molecular complexity index is 607. The zero-order valence-corrected chi connectivity index (χ0v) is 11.4. The Morgan fingerprint density at radius 1 is 1.21 bits per heavy atom. The number of ketones is 1. The molecule has 0 radical (unpaired) electrons. The van der Waals surface area contributed by atoms with Crippen molar-refractivity contribution < 1.29 is 9.18 Å². The van der Waals surface area contributed by atoms with Crippen LogP contribution in [0.25, 0.3) is 0 Å². The summed E-state index contributed by atoms with van der Waals surface area (Å²) in [6.45, 7) is 2.09. The molecule has 3 heteroatoms. The van der Waals surface area contributed by atoms with Crippen molar-refractivity contribution in [1.29, 1.82) is 0 Å². The topological polar surface area (TPSA) is 17.1 Å². The number of rotatable bonds is 4. The van der Waals surface area contributed by atoms with E-state index < -0.39 is 5.82 Å². The third kappa shape index (κ3) is 3.21. The second-order valence-corrected chi connectivity index (χ2v) is 4.81. The Kier molecular flexibility index (Phi) is 4.33. The van der Waals surface area contributed by atoms with E-state index in [1.54, 1.807) is 6.07 Å². The second-order valence-electron chi connectivity index (χ2n) is 4.40. The zero-order valence-electron chi connectivity index (χ0n) is 10.6. The lowest BCUT2D eigenvalue weighted by Crippen LogP contribution is -2.03. The molecule has 0 aliphatic carbocycles. The van der Waals surface area contributed by atoms with E-state index in [0.29, 0.717) is 11.1 Å². The summed E-state index contributed by atoms with van der Waals surface area (Å²) in [5.41, 5.74) is 2.03. The smallest absolute Gasteiger partial charge is 0.194 e. The molecule has 1 nitrogen and oxygen atoms in total. The van der Waals surface area contributed by atoms with Crippen molar-refractivity contribution >= 4 is 17.4 Å². The third-order valence-corrected chi connectivity index (χ3v) is 3.22. The Hall–Kier alpha value is -1.67. The molecule has 2 aromatic carbocycles. The molecule has 0 atom stereocenters. The second kappa shape index (κ2) is 5.98. The molecular formula is C16H14ClFO. The minimum atomic E-state index is -0.443. The van der Waals surface area contributed by atoms with Gasteiger partial charge in [0.2, 0.25) is 0 Å². The van der Waals surface area contributed by atoms with Crippen molar-refractivity contribution in [1.82, 2.24) is 0 Å². The molecule has 2 rings (SSSR count). The molecule has 0 amide bonds. The predicted molar refractivity (Wildman–Crippen MR) is 75.3 cm³/mol. The summed E-state index contributed by atoms with van der Waals surface area (Å²) < 4.78 is 13.0. The molecule has 0 unspecified atom stereocenters. The summed E-state index contributed by atoms with van der Waals surface area (Å²) in [6, 6.07) is 11.3. The standard InChI is InChI=1S/C16H14ClFO/c1-2-4-11-5-3-6-12(9-11)16(19)14-8-7-13(18)10-15(14)17/h3,5-10H,2,4H2,1H3. The van der Waals surface area contributed by atoms with Crippen molar-refractivity contribution in [2.75, 3.05) is 0 Å². The van der Waals surface area contributed by atoms with Crippen LogP contribution in [0.3, 0.4) is 0 Å². The van der Waals surface area contributed by atoms with E-state index in [1.165, 1.54) is 12.1 Å². The normalized spacial score (nSPS) is 10.5. The summed E-state index contributed by atoms with van der Waals surface area (Å²) in [7, 11) is 0. The quantitative estimate of drug-likeness (QED) is 0.742. The molecular weight excluding hydrogens is 263 g/mol. The van der Waals surface area contributed by atoms with Crippen LogP contribution in [0, 0.1) is 5.82 Å². The number of hydrogen-bond donors (Lipinski definition) is 0. The van der Waals surface area contributed by atoms with Crippen molar-refractivity contribution in [3.8, 4) is 0 Å². The van der Waals surface area contributed by atoms with Crippen molar-refractivity contribution in [2.45, 2.75) is 19.8 Å². The molecule has 98 valence electrons. The van der Waals surface area contributed by atoms with Gasteiger partial charge in [-0.05, 0) is 36.2 Å². The molecule has 19 heavy (non-hydrogen) atoms. The molecule has 0 bridgehead atoms. The van der Waals surface area contributed by atoms with Gasteiger partial charge in [-0.3, -0.25) is 4.79 Å². The van der Waals surface area contributed by atoms with Gasteiger partial charge in [-0.1, -0.05) is 43.1 Å². The van der Waals surface area contributed by atoms with Crippen molar-refractivity contribution in [3.05, 3.63) is 70.0 Å². The number of carbonyl (C=O) groups excluding carboxylic acids is 1. The SMILES string of the molecule is CCCc1cccc(C(=O)c2ccc(F)cc2Cl)c1. The lowest BCUT2D eigenvalue weighted by atomic mass is 10.00. The summed E-state index contributed by atoms with van der Waals surface area (Å²) in [6.07, 6.45) is 1.95. The fourth-order valence-corrected chi connectivity index (χ4v) is 2.24. The van der Waals surface area contributed by atoms with Gasteiger partial charge >= 0.3 is 0 Å². The minimum Gasteiger partial charge on any atom is -0.289 e. The fraction of sp³-hybridized carbons (Fsp3) is 0.188. The first kappa shape index (κ1) is 13.8. The third-order valence-electron chi connectivity index (χ3n) is 2.90. The maximum Gasteiger partial charge on any atom is 0.194 e. The van der Waals surface area contributed by atoms with E-state index in [4.69, 9.17) is 11.6 Å². The minimum absolute atomic E-state index is 0.144. The Morgan fingerprint density at radius 3 is 2.68 bits per heavy atom. The van der Waals surface area contributed by atoms with Gasteiger partial charge in [-0.15, -0.1) is 0 Å². The van der Waals surface area contributed by atoms with Crippen LogP contribution < -0.4 is 0 Å². The highest BCUT2D eigenvalue weighted by Crippen LogP contribution is 2.21. The first-order chi connectivity index (χ1) is 9.11.